The first-order chi connectivity index (χ1) is 6.33. The van der Waals surface area contributed by atoms with Crippen molar-refractivity contribution in [3.05, 3.63) is 28.5 Å². The lowest BCUT2D eigenvalue weighted by atomic mass is 10.4. The molecule has 1 N–H and O–H groups in total. The second-order valence-electron chi connectivity index (χ2n) is 2.60. The SMILES string of the molecule is OCCCSCc1ccc(Br)cn1. The predicted molar refractivity (Wildman–Crippen MR) is 59.8 cm³/mol. The molecule has 0 atom stereocenters. The van der Waals surface area contributed by atoms with Gasteiger partial charge in [0.15, 0.2) is 0 Å². The maximum Gasteiger partial charge on any atom is 0.0503 e. The molecule has 1 rings (SSSR count). The number of nitrogens with zero attached hydrogens (tertiary/aromatic N) is 1. The van der Waals surface area contributed by atoms with E-state index in [4.69, 9.17) is 5.11 Å². The molecule has 4 heteroatoms. The summed E-state index contributed by atoms with van der Waals surface area (Å²) >= 11 is 5.14. The van der Waals surface area contributed by atoms with Crippen LogP contribution in [0.3, 0.4) is 0 Å². The Kier molecular flexibility index (Phi) is 5.43. The third-order valence-corrected chi connectivity index (χ3v) is 3.03. The highest BCUT2D eigenvalue weighted by atomic mass is 79.9. The van der Waals surface area contributed by atoms with Crippen molar-refractivity contribution >= 4 is 27.7 Å². The molecule has 0 saturated heterocycles. The van der Waals surface area contributed by atoms with Gasteiger partial charge in [-0.3, -0.25) is 4.98 Å². The van der Waals surface area contributed by atoms with Gasteiger partial charge in [0.05, 0.1) is 5.69 Å². The molecule has 72 valence electrons. The first kappa shape index (κ1) is 11.0. The molecule has 0 radical (unpaired) electrons. The highest BCUT2D eigenvalue weighted by molar-refractivity contribution is 9.10. The number of aromatic nitrogens is 1. The zero-order valence-electron chi connectivity index (χ0n) is 7.24. The molecule has 0 aromatic carbocycles. The Labute approximate surface area is 90.9 Å². The van der Waals surface area contributed by atoms with Gasteiger partial charge in [0, 0.05) is 23.0 Å². The van der Waals surface area contributed by atoms with Crippen molar-refractivity contribution in [2.45, 2.75) is 12.2 Å². The Hall–Kier alpha value is -0.0600. The summed E-state index contributed by atoms with van der Waals surface area (Å²) in [6, 6.07) is 4.00. The van der Waals surface area contributed by atoms with Crippen LogP contribution in [0.4, 0.5) is 0 Å². The second kappa shape index (κ2) is 6.40. The Balaban J connectivity index is 2.25. The zero-order chi connectivity index (χ0) is 9.52. The fourth-order valence-corrected chi connectivity index (χ4v) is 1.93. The van der Waals surface area contributed by atoms with Gasteiger partial charge in [0.2, 0.25) is 0 Å². The Morgan fingerprint density at radius 3 is 2.92 bits per heavy atom. The van der Waals surface area contributed by atoms with E-state index in [2.05, 4.69) is 20.9 Å². The number of thioether (sulfide) groups is 1. The maximum atomic E-state index is 8.56. The summed E-state index contributed by atoms with van der Waals surface area (Å²) in [5.74, 6) is 1.92. The van der Waals surface area contributed by atoms with E-state index < -0.39 is 0 Å². The number of pyridine rings is 1. The highest BCUT2D eigenvalue weighted by Gasteiger charge is 1.94. The molecule has 0 aliphatic heterocycles. The topological polar surface area (TPSA) is 33.1 Å². The summed E-state index contributed by atoms with van der Waals surface area (Å²) < 4.78 is 1.01. The normalized spacial score (nSPS) is 10.3. The first-order valence-electron chi connectivity index (χ1n) is 4.12. The Bertz CT molecular complexity index is 240. The van der Waals surface area contributed by atoms with E-state index in [0.717, 1.165) is 28.1 Å². The summed E-state index contributed by atoms with van der Waals surface area (Å²) in [5, 5.41) is 8.56. The molecule has 0 aliphatic rings. The van der Waals surface area contributed by atoms with Gasteiger partial charge in [-0.05, 0) is 40.2 Å². The van der Waals surface area contributed by atoms with E-state index in [0.29, 0.717) is 0 Å². The lowest BCUT2D eigenvalue weighted by Gasteiger charge is -1.99. The predicted octanol–water partition coefficient (Wildman–Crippen LogP) is 2.46. The quantitative estimate of drug-likeness (QED) is 0.827. The average Bonchev–Trinajstić information content (AvgIpc) is 2.15. The minimum atomic E-state index is 0.279. The van der Waals surface area contributed by atoms with E-state index in [1.54, 1.807) is 11.8 Å². The van der Waals surface area contributed by atoms with Gasteiger partial charge < -0.3 is 5.11 Å². The maximum absolute atomic E-state index is 8.56. The molecular weight excluding hydrogens is 250 g/mol. The smallest absolute Gasteiger partial charge is 0.0503 e. The van der Waals surface area contributed by atoms with Gasteiger partial charge in [0.1, 0.15) is 0 Å². The lowest BCUT2D eigenvalue weighted by Crippen LogP contribution is -1.89. The van der Waals surface area contributed by atoms with Gasteiger partial charge in [-0.2, -0.15) is 11.8 Å². The molecule has 0 bridgehead atoms. The summed E-state index contributed by atoms with van der Waals surface area (Å²) in [7, 11) is 0. The summed E-state index contributed by atoms with van der Waals surface area (Å²) in [6.45, 7) is 0.279. The molecule has 1 aromatic rings. The van der Waals surface area contributed by atoms with E-state index in [1.165, 1.54) is 0 Å². The fraction of sp³-hybridized carbons (Fsp3) is 0.444. The summed E-state index contributed by atoms with van der Waals surface area (Å²) in [5.41, 5.74) is 1.09. The molecule has 0 fully saturated rings. The molecule has 0 spiro atoms. The van der Waals surface area contributed by atoms with E-state index in [1.807, 2.05) is 18.3 Å². The van der Waals surface area contributed by atoms with Crippen LogP contribution in [0.15, 0.2) is 22.8 Å². The van der Waals surface area contributed by atoms with Crippen LogP contribution in [-0.4, -0.2) is 22.5 Å². The van der Waals surface area contributed by atoms with Crippen LogP contribution in [0, 0.1) is 0 Å². The average molecular weight is 262 g/mol. The van der Waals surface area contributed by atoms with E-state index >= 15 is 0 Å². The van der Waals surface area contributed by atoms with Crippen molar-refractivity contribution in [2.24, 2.45) is 0 Å². The monoisotopic (exact) mass is 261 g/mol. The molecular formula is C9H12BrNOS. The number of rotatable bonds is 5. The largest absolute Gasteiger partial charge is 0.396 e. The lowest BCUT2D eigenvalue weighted by molar-refractivity contribution is 0.296. The summed E-state index contributed by atoms with van der Waals surface area (Å²) in [4.78, 5) is 4.25. The molecule has 1 aromatic heterocycles. The molecule has 0 saturated carbocycles. The number of hydrogen-bond donors (Lipinski definition) is 1. The van der Waals surface area contributed by atoms with Crippen LogP contribution in [0.25, 0.3) is 0 Å². The standard InChI is InChI=1S/C9H12BrNOS/c10-8-2-3-9(11-6-8)7-13-5-1-4-12/h2-3,6,12H,1,4-5,7H2. The van der Waals surface area contributed by atoms with Crippen molar-refractivity contribution in [2.75, 3.05) is 12.4 Å². The second-order valence-corrected chi connectivity index (χ2v) is 4.62. The minimum Gasteiger partial charge on any atom is -0.396 e. The number of hydrogen-bond acceptors (Lipinski definition) is 3. The van der Waals surface area contributed by atoms with Crippen LogP contribution in [-0.2, 0) is 5.75 Å². The third-order valence-electron chi connectivity index (χ3n) is 1.49. The number of aliphatic hydroxyl groups excluding tert-OH is 1. The van der Waals surface area contributed by atoms with Crippen molar-refractivity contribution in [1.82, 2.24) is 4.98 Å². The van der Waals surface area contributed by atoms with Gasteiger partial charge in [-0.25, -0.2) is 0 Å². The highest BCUT2D eigenvalue weighted by Crippen LogP contribution is 2.13. The molecule has 1 heterocycles. The molecule has 0 amide bonds. The van der Waals surface area contributed by atoms with Crippen molar-refractivity contribution in [3.63, 3.8) is 0 Å². The number of aliphatic hydroxyl groups is 1. The molecule has 0 aliphatic carbocycles. The zero-order valence-corrected chi connectivity index (χ0v) is 9.64. The van der Waals surface area contributed by atoms with Crippen LogP contribution in [0.1, 0.15) is 12.1 Å². The van der Waals surface area contributed by atoms with Gasteiger partial charge in [-0.1, -0.05) is 0 Å². The molecule has 0 unspecified atom stereocenters. The van der Waals surface area contributed by atoms with Gasteiger partial charge >= 0.3 is 0 Å². The van der Waals surface area contributed by atoms with Gasteiger partial charge in [-0.15, -0.1) is 0 Å². The minimum absolute atomic E-state index is 0.279. The van der Waals surface area contributed by atoms with E-state index in [9.17, 15) is 0 Å². The van der Waals surface area contributed by atoms with Crippen LogP contribution < -0.4 is 0 Å². The van der Waals surface area contributed by atoms with Crippen molar-refractivity contribution < 1.29 is 5.11 Å². The molecule has 13 heavy (non-hydrogen) atoms. The Morgan fingerprint density at radius 2 is 2.31 bits per heavy atom. The molecule has 2 nitrogen and oxygen atoms in total. The summed E-state index contributed by atoms with van der Waals surface area (Å²) in [6.07, 6.45) is 2.67. The van der Waals surface area contributed by atoms with Crippen LogP contribution in [0.2, 0.25) is 0 Å². The van der Waals surface area contributed by atoms with Crippen LogP contribution in [0.5, 0.6) is 0 Å². The van der Waals surface area contributed by atoms with Crippen molar-refractivity contribution in [1.29, 1.82) is 0 Å². The number of halogens is 1. The fourth-order valence-electron chi connectivity index (χ4n) is 0.835. The van der Waals surface area contributed by atoms with E-state index in [-0.39, 0.29) is 6.61 Å². The first-order valence-corrected chi connectivity index (χ1v) is 6.06. The van der Waals surface area contributed by atoms with Gasteiger partial charge in [0.25, 0.3) is 0 Å². The van der Waals surface area contributed by atoms with Crippen LogP contribution >= 0.6 is 27.7 Å². The van der Waals surface area contributed by atoms with Crippen molar-refractivity contribution in [3.8, 4) is 0 Å². The Morgan fingerprint density at radius 1 is 1.46 bits per heavy atom. The third kappa shape index (κ3) is 4.64.